The van der Waals surface area contributed by atoms with Crippen molar-refractivity contribution in [3.05, 3.63) is 75.7 Å². The molecule has 11 heteroatoms. The van der Waals surface area contributed by atoms with Crippen LogP contribution in [0.25, 0.3) is 17.2 Å². The molecular formula is C23H15ClF5N3O2. The van der Waals surface area contributed by atoms with Crippen LogP contribution in [0.4, 0.5) is 27.6 Å². The number of halogens is 6. The average Bonchev–Trinajstić information content (AvgIpc) is 3.14. The Morgan fingerprint density at radius 2 is 1.88 bits per heavy atom. The summed E-state index contributed by atoms with van der Waals surface area (Å²) in [6, 6.07) is 4.09. The second-order valence-corrected chi connectivity index (χ2v) is 7.94. The topological polar surface area (TPSA) is 64.1 Å². The number of carbonyl (C=O) groups excluding carboxylic acids is 1. The molecule has 0 bridgehead atoms. The first-order valence-electron chi connectivity index (χ1n) is 9.79. The summed E-state index contributed by atoms with van der Waals surface area (Å²) in [5, 5.41) is 2.79. The summed E-state index contributed by atoms with van der Waals surface area (Å²) < 4.78 is 73.4. The first-order chi connectivity index (χ1) is 16.0. The van der Waals surface area contributed by atoms with Gasteiger partial charge in [-0.25, -0.2) is 13.8 Å². The Morgan fingerprint density at radius 3 is 2.59 bits per heavy atom. The van der Waals surface area contributed by atoms with Crippen molar-refractivity contribution in [1.29, 1.82) is 0 Å². The molecule has 0 radical (unpaired) electrons. The molecule has 1 aliphatic carbocycles. The molecule has 2 aromatic heterocycles. The fourth-order valence-electron chi connectivity index (χ4n) is 3.52. The van der Waals surface area contributed by atoms with E-state index in [1.165, 1.54) is 6.20 Å². The van der Waals surface area contributed by atoms with Crippen molar-refractivity contribution < 1.29 is 31.5 Å². The first-order valence-corrected chi connectivity index (χ1v) is 10.2. The maximum atomic E-state index is 14.8. The van der Waals surface area contributed by atoms with Crippen molar-refractivity contribution in [2.45, 2.75) is 19.0 Å². The monoisotopic (exact) mass is 495 g/mol. The van der Waals surface area contributed by atoms with E-state index in [2.05, 4.69) is 20.0 Å². The van der Waals surface area contributed by atoms with E-state index in [0.29, 0.717) is 28.6 Å². The number of ether oxygens (including phenoxy) is 1. The molecule has 0 spiro atoms. The first kappa shape index (κ1) is 23.6. The molecule has 34 heavy (non-hydrogen) atoms. The number of fused-ring (bicyclic) bond motifs is 1. The maximum absolute atomic E-state index is 14.8. The number of hydrogen-bond acceptors (Lipinski definition) is 4. The van der Waals surface area contributed by atoms with E-state index in [1.54, 1.807) is 12.1 Å². The van der Waals surface area contributed by atoms with Gasteiger partial charge in [0.2, 0.25) is 11.8 Å². The van der Waals surface area contributed by atoms with Gasteiger partial charge in [0.1, 0.15) is 17.2 Å². The summed E-state index contributed by atoms with van der Waals surface area (Å²) >= 11 is 5.99. The summed E-state index contributed by atoms with van der Waals surface area (Å²) in [5.41, 5.74) is -0.0182. The largest absolute Gasteiger partial charge is 0.481 e. The summed E-state index contributed by atoms with van der Waals surface area (Å²) in [6.45, 7) is 0. The van der Waals surface area contributed by atoms with Crippen LogP contribution in [-0.2, 0) is 23.8 Å². The van der Waals surface area contributed by atoms with Gasteiger partial charge < -0.3 is 10.1 Å². The zero-order chi connectivity index (χ0) is 24.6. The second-order valence-electron chi connectivity index (χ2n) is 7.45. The molecule has 0 atom stereocenters. The van der Waals surface area contributed by atoms with E-state index in [4.69, 9.17) is 11.6 Å². The van der Waals surface area contributed by atoms with E-state index in [1.807, 2.05) is 0 Å². The quantitative estimate of drug-likeness (QED) is 0.457. The molecule has 0 saturated heterocycles. The lowest BCUT2D eigenvalue weighted by Gasteiger charge is -2.13. The van der Waals surface area contributed by atoms with E-state index in [0.717, 1.165) is 31.1 Å². The summed E-state index contributed by atoms with van der Waals surface area (Å²) in [7, 11) is 1.03. The van der Waals surface area contributed by atoms with Crippen LogP contribution < -0.4 is 10.1 Å². The lowest BCUT2D eigenvalue weighted by Crippen LogP contribution is -2.17. The van der Waals surface area contributed by atoms with Gasteiger partial charge in [-0.15, -0.1) is 0 Å². The van der Waals surface area contributed by atoms with E-state index in [-0.39, 0.29) is 16.8 Å². The van der Waals surface area contributed by atoms with Crippen LogP contribution in [0.5, 0.6) is 5.88 Å². The number of allylic oxidation sites excluding steroid dienone is 1. The Labute approximate surface area is 195 Å². The third-order valence-corrected chi connectivity index (χ3v) is 5.33. The predicted molar refractivity (Wildman–Crippen MR) is 115 cm³/mol. The lowest BCUT2D eigenvalue weighted by molar-refractivity contribution is -0.139. The zero-order valence-electron chi connectivity index (χ0n) is 17.4. The highest BCUT2D eigenvalue weighted by Crippen LogP contribution is 2.36. The van der Waals surface area contributed by atoms with Crippen LogP contribution in [0.15, 0.2) is 41.7 Å². The van der Waals surface area contributed by atoms with E-state index >= 15 is 0 Å². The van der Waals surface area contributed by atoms with Gasteiger partial charge in [0.15, 0.2) is 0 Å². The predicted octanol–water partition coefficient (Wildman–Crippen LogP) is 5.77. The normalized spacial score (nSPS) is 12.9. The van der Waals surface area contributed by atoms with Gasteiger partial charge in [0.25, 0.3) is 0 Å². The Balaban J connectivity index is 1.54. The number of anilines is 1. The molecule has 0 aliphatic heterocycles. The van der Waals surface area contributed by atoms with Crippen molar-refractivity contribution in [3.63, 3.8) is 0 Å². The highest BCUT2D eigenvalue weighted by Gasteiger charge is 2.35. The number of hydrogen-bond donors (Lipinski definition) is 1. The molecule has 0 saturated carbocycles. The van der Waals surface area contributed by atoms with Crippen LogP contribution >= 0.6 is 11.6 Å². The number of amides is 1. The molecule has 1 amide bonds. The highest BCUT2D eigenvalue weighted by atomic mass is 35.5. The third-order valence-electron chi connectivity index (χ3n) is 5.08. The minimum absolute atomic E-state index is 0.0532. The molecule has 1 aromatic carbocycles. The average molecular weight is 496 g/mol. The minimum atomic E-state index is -4.77. The molecule has 0 fully saturated rings. The fraction of sp³-hybridized carbons (Fsp3) is 0.174. The molecule has 0 unspecified atom stereocenters. The number of pyridine rings is 2. The SMILES string of the molecule is COc1ncc(NC(=O)Cc2cc(F)c(-c3cnc4c(c3)C=C(Cl)C4)cc2F)cc1C(F)(F)F. The number of rotatable bonds is 5. The van der Waals surface area contributed by atoms with Gasteiger partial charge in [-0.05, 0) is 35.9 Å². The van der Waals surface area contributed by atoms with Crippen molar-refractivity contribution in [2.24, 2.45) is 0 Å². The number of nitrogens with zero attached hydrogens (tertiary/aromatic N) is 2. The number of methoxy groups -OCH3 is 1. The Bertz CT molecular complexity index is 1320. The van der Waals surface area contributed by atoms with Gasteiger partial charge in [0.05, 0.1) is 31.1 Å². The molecule has 2 heterocycles. The molecule has 4 rings (SSSR count). The Kier molecular flexibility index (Phi) is 6.26. The van der Waals surface area contributed by atoms with Gasteiger partial charge in [-0.3, -0.25) is 9.78 Å². The smallest absolute Gasteiger partial charge is 0.421 e. The number of alkyl halides is 3. The third kappa shape index (κ3) is 4.86. The molecule has 5 nitrogen and oxygen atoms in total. The summed E-state index contributed by atoms with van der Waals surface area (Å²) in [6.07, 6.45) is -0.849. The van der Waals surface area contributed by atoms with Gasteiger partial charge in [-0.1, -0.05) is 11.6 Å². The fourth-order valence-corrected chi connectivity index (χ4v) is 3.76. The summed E-state index contributed by atoms with van der Waals surface area (Å²) in [4.78, 5) is 20.1. The van der Waals surface area contributed by atoms with Crippen molar-refractivity contribution in [2.75, 3.05) is 12.4 Å². The summed E-state index contributed by atoms with van der Waals surface area (Å²) in [5.74, 6) is -3.16. The lowest BCUT2D eigenvalue weighted by atomic mass is 10.0. The number of benzene rings is 1. The van der Waals surface area contributed by atoms with Crippen molar-refractivity contribution >= 4 is 29.3 Å². The molecule has 176 valence electrons. The number of nitrogens with one attached hydrogen (secondary N) is 1. The van der Waals surface area contributed by atoms with Crippen LogP contribution in [-0.4, -0.2) is 23.0 Å². The van der Waals surface area contributed by atoms with E-state index in [9.17, 15) is 26.7 Å². The van der Waals surface area contributed by atoms with Gasteiger partial charge in [-0.2, -0.15) is 13.2 Å². The van der Waals surface area contributed by atoms with E-state index < -0.39 is 41.6 Å². The Morgan fingerprint density at radius 1 is 1.12 bits per heavy atom. The molecule has 1 aliphatic rings. The number of carbonyl (C=O) groups is 1. The van der Waals surface area contributed by atoms with Crippen LogP contribution in [0.2, 0.25) is 0 Å². The van der Waals surface area contributed by atoms with Gasteiger partial charge >= 0.3 is 6.18 Å². The van der Waals surface area contributed by atoms with Crippen LogP contribution in [0.3, 0.4) is 0 Å². The van der Waals surface area contributed by atoms with Crippen LogP contribution in [0.1, 0.15) is 22.4 Å². The maximum Gasteiger partial charge on any atom is 0.421 e. The standard InChI is InChI=1S/C23H15ClF5N3O2/c1-34-22-17(23(27,28)29)7-15(10-31-22)32-21(33)5-11-4-19(26)16(8-18(11)25)13-2-12-3-14(24)6-20(12)30-9-13/h2-4,7-10H,5-6H2,1H3,(H,32,33). The molecule has 1 N–H and O–H groups in total. The van der Waals surface area contributed by atoms with Gasteiger partial charge in [0, 0.05) is 34.3 Å². The van der Waals surface area contributed by atoms with Crippen molar-refractivity contribution in [1.82, 2.24) is 9.97 Å². The van der Waals surface area contributed by atoms with Crippen LogP contribution in [0, 0.1) is 11.6 Å². The number of aromatic nitrogens is 2. The second kappa shape index (κ2) is 9.02. The highest BCUT2D eigenvalue weighted by molar-refractivity contribution is 6.32. The molecule has 3 aromatic rings. The zero-order valence-corrected chi connectivity index (χ0v) is 18.2. The Hall–Kier alpha value is -3.53. The minimum Gasteiger partial charge on any atom is -0.481 e. The molecular weight excluding hydrogens is 481 g/mol. The van der Waals surface area contributed by atoms with Crippen molar-refractivity contribution in [3.8, 4) is 17.0 Å².